The Bertz CT molecular complexity index is 1340. The van der Waals surface area contributed by atoms with Gasteiger partial charge in [0.2, 0.25) is 17.7 Å². The summed E-state index contributed by atoms with van der Waals surface area (Å²) >= 11 is 0. The van der Waals surface area contributed by atoms with Crippen LogP contribution in [0.2, 0.25) is 0 Å². The van der Waals surface area contributed by atoms with Crippen molar-refractivity contribution in [2.24, 2.45) is 11.8 Å². The second-order valence-electron chi connectivity index (χ2n) is 10.8. The number of nitrogens with one attached hydrogen (secondary N) is 1. The highest BCUT2D eigenvalue weighted by molar-refractivity contribution is 5.97. The summed E-state index contributed by atoms with van der Waals surface area (Å²) in [7, 11) is 1.15. The highest BCUT2D eigenvalue weighted by Gasteiger charge is 2.24. The van der Waals surface area contributed by atoms with Crippen LogP contribution in [0.5, 0.6) is 5.75 Å². The molecule has 1 aliphatic rings. The molecule has 3 aromatic rings. The SMILES string of the molecule is COC(=O)[C@H](C)NC(=O)c1c(F)cc(OCCCC2CCN(c3ncc(-c4noc(CC(C)C)n4)cn3)CC2)cc1F. The predicted octanol–water partition coefficient (Wildman–Crippen LogP) is 4.37. The molecule has 226 valence electrons. The van der Waals surface area contributed by atoms with Crippen LogP contribution in [-0.2, 0) is 16.0 Å². The van der Waals surface area contributed by atoms with Gasteiger partial charge in [-0.05, 0) is 44.4 Å². The Labute approximate surface area is 243 Å². The van der Waals surface area contributed by atoms with Crippen molar-refractivity contribution in [3.8, 4) is 17.1 Å². The van der Waals surface area contributed by atoms with Gasteiger partial charge in [0.05, 0.1) is 19.3 Å². The normalized spacial score (nSPS) is 14.6. The molecule has 11 nitrogen and oxygen atoms in total. The highest BCUT2D eigenvalue weighted by atomic mass is 19.1. The molecule has 0 unspecified atom stereocenters. The number of esters is 1. The van der Waals surface area contributed by atoms with E-state index in [0.29, 0.717) is 41.5 Å². The largest absolute Gasteiger partial charge is 0.493 e. The van der Waals surface area contributed by atoms with E-state index in [1.807, 2.05) is 0 Å². The van der Waals surface area contributed by atoms with Crippen LogP contribution in [0.15, 0.2) is 29.0 Å². The van der Waals surface area contributed by atoms with E-state index in [1.54, 1.807) is 12.4 Å². The Balaban J connectivity index is 1.19. The number of rotatable bonds is 12. The molecule has 1 atom stereocenters. The number of halogens is 2. The summed E-state index contributed by atoms with van der Waals surface area (Å²) in [5, 5.41) is 6.24. The van der Waals surface area contributed by atoms with E-state index in [9.17, 15) is 18.4 Å². The topological polar surface area (TPSA) is 133 Å². The number of methoxy groups -OCH3 is 1. The number of carbonyl (C=O) groups is 2. The molecule has 2 aromatic heterocycles. The van der Waals surface area contributed by atoms with Gasteiger partial charge in [0, 0.05) is 44.0 Å². The number of hydrogen-bond donors (Lipinski definition) is 1. The predicted molar refractivity (Wildman–Crippen MR) is 149 cm³/mol. The molecule has 1 amide bonds. The minimum Gasteiger partial charge on any atom is -0.493 e. The molecule has 13 heteroatoms. The summed E-state index contributed by atoms with van der Waals surface area (Å²) in [4.78, 5) is 39.3. The van der Waals surface area contributed by atoms with Gasteiger partial charge < -0.3 is 24.2 Å². The summed E-state index contributed by atoms with van der Waals surface area (Å²) in [6.07, 6.45) is 7.68. The van der Waals surface area contributed by atoms with Crippen LogP contribution >= 0.6 is 0 Å². The monoisotopic (exact) mass is 586 g/mol. The van der Waals surface area contributed by atoms with Crippen LogP contribution in [0.3, 0.4) is 0 Å². The van der Waals surface area contributed by atoms with E-state index in [1.165, 1.54) is 6.92 Å². The number of nitrogens with zero attached hydrogens (tertiary/aromatic N) is 5. The van der Waals surface area contributed by atoms with Gasteiger partial charge in [0.15, 0.2) is 0 Å². The molecule has 0 aliphatic carbocycles. The lowest BCUT2D eigenvalue weighted by Gasteiger charge is -2.32. The fraction of sp³-hybridized carbons (Fsp3) is 0.517. The highest BCUT2D eigenvalue weighted by Crippen LogP contribution is 2.26. The summed E-state index contributed by atoms with van der Waals surface area (Å²) in [5.74, 6) is -1.28. The summed E-state index contributed by atoms with van der Waals surface area (Å²) < 4.78 is 44.4. The zero-order valence-corrected chi connectivity index (χ0v) is 24.2. The van der Waals surface area contributed by atoms with Gasteiger partial charge in [-0.3, -0.25) is 4.79 Å². The van der Waals surface area contributed by atoms with Crippen molar-refractivity contribution in [2.75, 3.05) is 31.7 Å². The Morgan fingerprint density at radius 3 is 2.40 bits per heavy atom. The van der Waals surface area contributed by atoms with Crippen molar-refractivity contribution in [1.82, 2.24) is 25.4 Å². The smallest absolute Gasteiger partial charge is 0.328 e. The Morgan fingerprint density at radius 1 is 1.12 bits per heavy atom. The minimum atomic E-state index is -1.07. The van der Waals surface area contributed by atoms with Gasteiger partial charge in [-0.2, -0.15) is 4.98 Å². The van der Waals surface area contributed by atoms with Crippen LogP contribution in [0.1, 0.15) is 62.7 Å². The van der Waals surface area contributed by atoms with Gasteiger partial charge in [-0.1, -0.05) is 19.0 Å². The molecule has 1 aliphatic heterocycles. The third-order valence-electron chi connectivity index (χ3n) is 7.02. The second kappa shape index (κ2) is 14.1. The molecule has 0 bridgehead atoms. The zero-order chi connectivity index (χ0) is 30.2. The number of anilines is 1. The lowest BCUT2D eigenvalue weighted by atomic mass is 9.92. The molecule has 1 aromatic carbocycles. The first-order chi connectivity index (χ1) is 20.1. The average molecular weight is 587 g/mol. The van der Waals surface area contributed by atoms with Crippen LogP contribution < -0.4 is 15.0 Å². The number of benzene rings is 1. The number of hydrogen-bond acceptors (Lipinski definition) is 10. The van der Waals surface area contributed by atoms with Gasteiger partial charge in [-0.25, -0.2) is 23.5 Å². The first kappa shape index (κ1) is 30.8. The molecule has 1 saturated heterocycles. The third-order valence-corrected chi connectivity index (χ3v) is 7.02. The minimum absolute atomic E-state index is 0.00468. The Hall–Kier alpha value is -4.16. The molecule has 3 heterocycles. The molecule has 1 N–H and O–H groups in total. The van der Waals surface area contributed by atoms with E-state index in [-0.39, 0.29) is 12.4 Å². The van der Waals surface area contributed by atoms with E-state index >= 15 is 0 Å². The lowest BCUT2D eigenvalue weighted by molar-refractivity contribution is -0.142. The lowest BCUT2D eigenvalue weighted by Crippen LogP contribution is -2.39. The molecular formula is C29H36F2N6O5. The summed E-state index contributed by atoms with van der Waals surface area (Å²) in [5.41, 5.74) is -0.0766. The van der Waals surface area contributed by atoms with Crippen LogP contribution in [-0.4, -0.2) is 64.8 Å². The number of carbonyl (C=O) groups excluding carboxylic acids is 2. The van der Waals surface area contributed by atoms with E-state index < -0.39 is 35.1 Å². The van der Waals surface area contributed by atoms with E-state index in [0.717, 1.165) is 58.0 Å². The van der Waals surface area contributed by atoms with Crippen molar-refractivity contribution >= 4 is 17.8 Å². The van der Waals surface area contributed by atoms with Crippen molar-refractivity contribution in [1.29, 1.82) is 0 Å². The average Bonchev–Trinajstić information content (AvgIpc) is 3.42. The van der Waals surface area contributed by atoms with Crippen LogP contribution in [0, 0.1) is 23.5 Å². The number of piperidine rings is 1. The molecule has 4 rings (SSSR count). The van der Waals surface area contributed by atoms with Crippen LogP contribution in [0.25, 0.3) is 11.4 Å². The standard InChI is InChI=1S/C29H36F2N6O5/c1-17(2)12-24-35-26(36-42-24)20-15-32-29(33-16-20)37-9-7-19(8-10-37)6-5-11-41-21-13-22(30)25(23(31)14-21)27(38)34-18(3)28(39)40-4/h13-19H,5-12H2,1-4H3,(H,34,38)/t18-/m0/s1. The van der Waals surface area contributed by atoms with Gasteiger partial charge >= 0.3 is 5.97 Å². The van der Waals surface area contributed by atoms with Crippen molar-refractivity contribution in [2.45, 2.75) is 58.9 Å². The van der Waals surface area contributed by atoms with Crippen molar-refractivity contribution < 1.29 is 32.4 Å². The number of ether oxygens (including phenoxy) is 2. The fourth-order valence-corrected chi connectivity index (χ4v) is 4.74. The quantitative estimate of drug-likeness (QED) is 0.241. The maximum Gasteiger partial charge on any atom is 0.328 e. The molecule has 42 heavy (non-hydrogen) atoms. The van der Waals surface area contributed by atoms with E-state index in [2.05, 4.69) is 48.9 Å². The Morgan fingerprint density at radius 2 is 1.79 bits per heavy atom. The van der Waals surface area contributed by atoms with Gasteiger partial charge in [0.1, 0.15) is 29.0 Å². The number of aromatic nitrogens is 4. The summed E-state index contributed by atoms with van der Waals surface area (Å²) in [6, 6.07) is 0.879. The first-order valence-corrected chi connectivity index (χ1v) is 14.0. The van der Waals surface area contributed by atoms with Crippen LogP contribution in [0.4, 0.5) is 14.7 Å². The third kappa shape index (κ3) is 7.98. The molecule has 0 radical (unpaired) electrons. The summed E-state index contributed by atoms with van der Waals surface area (Å²) in [6.45, 7) is 7.45. The molecular weight excluding hydrogens is 550 g/mol. The maximum absolute atomic E-state index is 14.5. The molecule has 0 saturated carbocycles. The van der Waals surface area contributed by atoms with Crippen molar-refractivity contribution in [3.05, 3.63) is 47.6 Å². The van der Waals surface area contributed by atoms with Gasteiger partial charge in [-0.15, -0.1) is 0 Å². The fourth-order valence-electron chi connectivity index (χ4n) is 4.74. The first-order valence-electron chi connectivity index (χ1n) is 14.0. The molecule has 0 spiro atoms. The number of amides is 1. The Kier molecular flexibility index (Phi) is 10.4. The van der Waals surface area contributed by atoms with E-state index in [4.69, 9.17) is 9.26 Å². The second-order valence-corrected chi connectivity index (χ2v) is 10.8. The zero-order valence-electron chi connectivity index (χ0n) is 24.2. The van der Waals surface area contributed by atoms with Gasteiger partial charge in [0.25, 0.3) is 5.91 Å². The van der Waals surface area contributed by atoms with Crippen molar-refractivity contribution in [3.63, 3.8) is 0 Å². The maximum atomic E-state index is 14.5. The molecule has 1 fully saturated rings.